The van der Waals surface area contributed by atoms with E-state index >= 15 is 0 Å². The van der Waals surface area contributed by atoms with E-state index in [0.29, 0.717) is 6.61 Å². The molecule has 0 aliphatic carbocycles. The van der Waals surface area contributed by atoms with Crippen LogP contribution in [0, 0.1) is 0 Å². The van der Waals surface area contributed by atoms with Crippen molar-refractivity contribution in [1.82, 2.24) is 0 Å². The monoisotopic (exact) mass is 392 g/mol. The fourth-order valence-electron chi connectivity index (χ4n) is 2.47. The molecule has 0 saturated carbocycles. The average molecular weight is 393 g/mol. The fraction of sp³-hybridized carbons (Fsp3) is 0.211. The maximum absolute atomic E-state index is 12.0. The van der Waals surface area contributed by atoms with Gasteiger partial charge in [-0.25, -0.2) is 0 Å². The summed E-state index contributed by atoms with van der Waals surface area (Å²) in [5.74, 6) is 0.600. The molecule has 3 rings (SSSR count). The molecule has 0 unspecified atom stereocenters. The van der Waals surface area contributed by atoms with E-state index in [1.54, 1.807) is 18.4 Å². The summed E-state index contributed by atoms with van der Waals surface area (Å²) in [4.78, 5) is 15.2. The molecule has 0 spiro atoms. The highest BCUT2D eigenvalue weighted by Gasteiger charge is 2.17. The first-order valence-electron chi connectivity index (χ1n) is 7.79. The van der Waals surface area contributed by atoms with Gasteiger partial charge in [0.15, 0.2) is 0 Å². The smallest absolute Gasteiger partial charge is 0.310 e. The Morgan fingerprint density at radius 1 is 1.08 bits per heavy atom. The van der Waals surface area contributed by atoms with Crippen molar-refractivity contribution in [3.63, 3.8) is 0 Å². The molecule has 25 heavy (non-hydrogen) atoms. The third-order valence-corrected chi connectivity index (χ3v) is 6.26. The molecule has 3 aromatic rings. The van der Waals surface area contributed by atoms with E-state index in [-0.39, 0.29) is 12.4 Å². The number of carbonyl (C=O) groups is 1. The van der Waals surface area contributed by atoms with Gasteiger partial charge in [-0.3, -0.25) is 4.79 Å². The van der Waals surface area contributed by atoms with E-state index < -0.39 is 0 Å². The lowest BCUT2D eigenvalue weighted by atomic mass is 10.1. The maximum Gasteiger partial charge on any atom is 0.310 e. The van der Waals surface area contributed by atoms with Crippen molar-refractivity contribution in [2.45, 2.75) is 13.3 Å². The van der Waals surface area contributed by atoms with Crippen LogP contribution in [0.4, 0.5) is 0 Å². The van der Waals surface area contributed by atoms with Gasteiger partial charge in [0.1, 0.15) is 5.75 Å². The number of rotatable bonds is 6. The molecule has 0 fully saturated rings. The second kappa shape index (κ2) is 8.04. The number of carbonyl (C=O) groups excluding carboxylic acids is 1. The summed E-state index contributed by atoms with van der Waals surface area (Å²) in [7, 11) is 1.65. The van der Waals surface area contributed by atoms with Crippen LogP contribution < -0.4 is 4.74 Å². The Hall–Kier alpha value is -1.82. The van der Waals surface area contributed by atoms with E-state index in [9.17, 15) is 4.79 Å². The van der Waals surface area contributed by atoms with Crippen LogP contribution in [0.25, 0.3) is 20.2 Å². The predicted octanol–water partition coefficient (Wildman–Crippen LogP) is 5.91. The number of methoxy groups -OCH3 is 1. The molecule has 0 saturated heterocycles. The third kappa shape index (κ3) is 4.24. The molecule has 3 nitrogen and oxygen atoms in total. The Morgan fingerprint density at radius 2 is 1.84 bits per heavy atom. The SMILES string of the molecule is CCOC(=O)Cc1cc(-c2ccc(OC)cc2)sc1-c1ccc(Cl)s1. The van der Waals surface area contributed by atoms with Crippen LogP contribution in [0.15, 0.2) is 42.5 Å². The number of ether oxygens (including phenoxy) is 2. The van der Waals surface area contributed by atoms with E-state index in [0.717, 1.165) is 35.8 Å². The Morgan fingerprint density at radius 3 is 2.44 bits per heavy atom. The van der Waals surface area contributed by atoms with Gasteiger partial charge >= 0.3 is 5.97 Å². The lowest BCUT2D eigenvalue weighted by molar-refractivity contribution is -0.142. The summed E-state index contributed by atoms with van der Waals surface area (Å²) < 4.78 is 11.1. The van der Waals surface area contributed by atoms with Crippen LogP contribution in [0.3, 0.4) is 0 Å². The van der Waals surface area contributed by atoms with Crippen LogP contribution in [-0.2, 0) is 16.0 Å². The summed E-state index contributed by atoms with van der Waals surface area (Å²) in [6, 6.07) is 13.8. The molecule has 0 radical (unpaired) electrons. The van der Waals surface area contributed by atoms with Crippen molar-refractivity contribution in [3.8, 4) is 25.9 Å². The minimum Gasteiger partial charge on any atom is -0.497 e. The molecule has 130 valence electrons. The summed E-state index contributed by atoms with van der Waals surface area (Å²) in [5, 5.41) is 0. The molecule has 0 aliphatic rings. The Balaban J connectivity index is 1.99. The first-order valence-corrected chi connectivity index (χ1v) is 9.80. The Labute approximate surface area is 159 Å². The highest BCUT2D eigenvalue weighted by molar-refractivity contribution is 7.25. The normalized spacial score (nSPS) is 10.7. The molecular weight excluding hydrogens is 376 g/mol. The van der Waals surface area contributed by atoms with Crippen molar-refractivity contribution in [1.29, 1.82) is 0 Å². The van der Waals surface area contributed by atoms with Gasteiger partial charge in [0.05, 0.1) is 24.5 Å². The molecular formula is C19H17ClO3S2. The van der Waals surface area contributed by atoms with Crippen molar-refractivity contribution in [3.05, 3.63) is 52.4 Å². The quantitative estimate of drug-likeness (QED) is 0.489. The predicted molar refractivity (Wildman–Crippen MR) is 105 cm³/mol. The van der Waals surface area contributed by atoms with Gasteiger partial charge in [-0.2, -0.15) is 0 Å². The van der Waals surface area contributed by atoms with Gasteiger partial charge in [-0.15, -0.1) is 22.7 Å². The molecule has 6 heteroatoms. The highest BCUT2D eigenvalue weighted by Crippen LogP contribution is 2.42. The number of hydrogen-bond donors (Lipinski definition) is 0. The number of thiophene rings is 2. The summed E-state index contributed by atoms with van der Waals surface area (Å²) in [6.07, 6.45) is 0.255. The maximum atomic E-state index is 12.0. The minimum absolute atomic E-state index is 0.217. The van der Waals surface area contributed by atoms with Crippen molar-refractivity contribution in [2.24, 2.45) is 0 Å². The second-order valence-corrected chi connectivity index (χ2v) is 8.05. The van der Waals surface area contributed by atoms with Crippen molar-refractivity contribution < 1.29 is 14.3 Å². The lowest BCUT2D eigenvalue weighted by Crippen LogP contribution is -2.07. The number of hydrogen-bond acceptors (Lipinski definition) is 5. The zero-order valence-electron chi connectivity index (χ0n) is 13.9. The first-order chi connectivity index (χ1) is 12.1. The largest absolute Gasteiger partial charge is 0.497 e. The Kier molecular flexibility index (Phi) is 5.78. The molecule has 0 atom stereocenters. The number of benzene rings is 1. The molecule has 1 aromatic carbocycles. The van der Waals surface area contributed by atoms with Crippen LogP contribution in [0.5, 0.6) is 5.75 Å². The van der Waals surface area contributed by atoms with Gasteiger partial charge in [0.25, 0.3) is 0 Å². The first kappa shape index (κ1) is 18.0. The summed E-state index contributed by atoms with van der Waals surface area (Å²) >= 11 is 9.26. The van der Waals surface area contributed by atoms with E-state index in [4.69, 9.17) is 21.1 Å². The average Bonchev–Trinajstić information content (AvgIpc) is 3.21. The summed E-state index contributed by atoms with van der Waals surface area (Å²) in [6.45, 7) is 2.20. The Bertz CT molecular complexity index is 865. The summed E-state index contributed by atoms with van der Waals surface area (Å²) in [5.41, 5.74) is 2.05. The molecule has 0 amide bonds. The lowest BCUT2D eigenvalue weighted by Gasteiger charge is -2.02. The minimum atomic E-state index is -0.217. The zero-order chi connectivity index (χ0) is 17.8. The van der Waals surface area contributed by atoms with Gasteiger partial charge in [0.2, 0.25) is 0 Å². The molecule has 2 heterocycles. The highest BCUT2D eigenvalue weighted by atomic mass is 35.5. The van der Waals surface area contributed by atoms with Crippen LogP contribution in [-0.4, -0.2) is 19.7 Å². The molecule has 2 aromatic heterocycles. The zero-order valence-corrected chi connectivity index (χ0v) is 16.3. The topological polar surface area (TPSA) is 35.5 Å². The van der Waals surface area contributed by atoms with Crippen LogP contribution >= 0.6 is 34.3 Å². The van der Waals surface area contributed by atoms with Gasteiger partial charge in [-0.1, -0.05) is 11.6 Å². The van der Waals surface area contributed by atoms with Gasteiger partial charge in [-0.05, 0) is 60.5 Å². The standard InChI is InChI=1S/C19H17ClO3S2/c1-3-23-18(21)11-13-10-16(12-4-6-14(22-2)7-5-12)25-19(13)15-8-9-17(20)24-15/h4-10H,3,11H2,1-2H3. The molecule has 0 aliphatic heterocycles. The van der Waals surface area contributed by atoms with Crippen molar-refractivity contribution in [2.75, 3.05) is 13.7 Å². The van der Waals surface area contributed by atoms with Gasteiger partial charge < -0.3 is 9.47 Å². The van der Waals surface area contributed by atoms with E-state index in [1.165, 1.54) is 11.3 Å². The second-order valence-electron chi connectivity index (χ2n) is 5.28. The number of halogens is 1. The van der Waals surface area contributed by atoms with E-state index in [1.807, 2.05) is 43.3 Å². The molecule has 0 N–H and O–H groups in total. The fourth-order valence-corrected chi connectivity index (χ4v) is 4.84. The van der Waals surface area contributed by atoms with E-state index in [2.05, 4.69) is 6.07 Å². The number of esters is 1. The van der Waals surface area contributed by atoms with Crippen molar-refractivity contribution >= 4 is 40.2 Å². The third-order valence-electron chi connectivity index (χ3n) is 3.62. The van der Waals surface area contributed by atoms with Crippen LogP contribution in [0.1, 0.15) is 12.5 Å². The molecule has 0 bridgehead atoms. The van der Waals surface area contributed by atoms with Crippen LogP contribution in [0.2, 0.25) is 4.34 Å². The van der Waals surface area contributed by atoms with Gasteiger partial charge in [0, 0.05) is 14.6 Å².